The van der Waals surface area contributed by atoms with Crippen LogP contribution < -0.4 is 10.8 Å². The molecule has 0 aliphatic heterocycles. The average molecular weight is 439 g/mol. The summed E-state index contributed by atoms with van der Waals surface area (Å²) >= 11 is 0. The van der Waals surface area contributed by atoms with Crippen molar-refractivity contribution < 1.29 is 28.7 Å². The number of aromatic hydroxyl groups is 1. The fourth-order valence-corrected chi connectivity index (χ4v) is 3.88. The van der Waals surface area contributed by atoms with Gasteiger partial charge < -0.3 is 24.6 Å². The minimum absolute atomic E-state index is 0.00952. The molecule has 1 fully saturated rings. The Balaban J connectivity index is 1.55. The van der Waals surface area contributed by atoms with E-state index in [0.717, 1.165) is 12.8 Å². The molecule has 1 saturated carbocycles. The molecule has 0 unspecified atom stereocenters. The summed E-state index contributed by atoms with van der Waals surface area (Å²) in [4.78, 5) is 35.1. The molecule has 9 nitrogen and oxygen atoms in total. The van der Waals surface area contributed by atoms with Gasteiger partial charge in [0.2, 0.25) is 11.4 Å². The van der Waals surface area contributed by atoms with Gasteiger partial charge >= 0.3 is 7.60 Å². The van der Waals surface area contributed by atoms with E-state index in [4.69, 9.17) is 4.42 Å². The Morgan fingerprint density at radius 1 is 1.16 bits per heavy atom. The summed E-state index contributed by atoms with van der Waals surface area (Å²) < 4.78 is 18.5. The molecule has 1 aromatic carbocycles. The molecule has 0 spiro atoms. The molecule has 0 atom stereocenters. The number of furan rings is 1. The van der Waals surface area contributed by atoms with E-state index in [0.29, 0.717) is 28.3 Å². The van der Waals surface area contributed by atoms with E-state index in [-0.39, 0.29) is 23.3 Å². The molecule has 4 aromatic rings. The molecule has 158 valence electrons. The van der Waals surface area contributed by atoms with Gasteiger partial charge in [0.15, 0.2) is 5.82 Å². The number of rotatable bonds is 5. The van der Waals surface area contributed by atoms with Gasteiger partial charge in [0.1, 0.15) is 17.2 Å². The first kappa shape index (κ1) is 19.6. The van der Waals surface area contributed by atoms with E-state index in [1.165, 1.54) is 18.2 Å². The summed E-state index contributed by atoms with van der Waals surface area (Å²) in [7, 11) is -4.50. The lowest BCUT2D eigenvalue weighted by molar-refractivity contribution is -0.117. The van der Waals surface area contributed by atoms with Crippen LogP contribution in [-0.4, -0.2) is 30.2 Å². The van der Waals surface area contributed by atoms with Crippen LogP contribution in [0.25, 0.3) is 28.2 Å². The van der Waals surface area contributed by atoms with E-state index < -0.39 is 13.1 Å². The SMILES string of the molecule is O=C(Nc1cn2c(-c3cc(-c4ccc(P(=O)(O)O)o4)ccc3O)cccc2n1)C1CC1. The lowest BCUT2D eigenvalue weighted by Gasteiger charge is -2.09. The maximum absolute atomic E-state index is 12.1. The summed E-state index contributed by atoms with van der Waals surface area (Å²) in [5.41, 5.74) is 1.79. The maximum atomic E-state index is 12.1. The van der Waals surface area contributed by atoms with Gasteiger partial charge in [-0.05, 0) is 55.3 Å². The van der Waals surface area contributed by atoms with Crippen LogP contribution in [0.15, 0.2) is 59.1 Å². The number of phenolic OH excluding ortho intramolecular Hbond substituents is 1. The van der Waals surface area contributed by atoms with E-state index in [9.17, 15) is 24.3 Å². The van der Waals surface area contributed by atoms with E-state index >= 15 is 0 Å². The fourth-order valence-electron chi connectivity index (χ4n) is 3.40. The lowest BCUT2D eigenvalue weighted by Crippen LogP contribution is -2.13. The smallest absolute Gasteiger partial charge is 0.391 e. The van der Waals surface area contributed by atoms with Crippen LogP contribution in [-0.2, 0) is 9.36 Å². The van der Waals surface area contributed by atoms with Gasteiger partial charge in [-0.25, -0.2) is 4.98 Å². The predicted molar refractivity (Wildman–Crippen MR) is 113 cm³/mol. The van der Waals surface area contributed by atoms with Crippen LogP contribution in [0.5, 0.6) is 5.75 Å². The van der Waals surface area contributed by atoms with Crippen molar-refractivity contribution in [3.63, 3.8) is 0 Å². The van der Waals surface area contributed by atoms with Crippen molar-refractivity contribution in [2.24, 2.45) is 5.92 Å². The number of phenols is 1. The van der Waals surface area contributed by atoms with Crippen LogP contribution in [0.1, 0.15) is 12.8 Å². The number of nitrogens with zero attached hydrogens (tertiary/aromatic N) is 2. The minimum atomic E-state index is -4.50. The average Bonchev–Trinajstić information content (AvgIpc) is 3.29. The fraction of sp³-hybridized carbons (Fsp3) is 0.143. The standard InChI is InChI=1S/C21H18N3O6P/c25-16-7-6-13(17-8-9-20(30-17)31(27,28)29)10-14(16)15-2-1-3-19-22-18(11-24(15)19)23-21(26)12-4-5-12/h1-3,6-12,25H,4-5H2,(H,23,26)(H2,27,28,29). The number of imidazole rings is 1. The Labute approximate surface area is 176 Å². The monoisotopic (exact) mass is 439 g/mol. The number of hydrogen-bond donors (Lipinski definition) is 4. The molecule has 1 aliphatic carbocycles. The molecule has 31 heavy (non-hydrogen) atoms. The second kappa shape index (κ2) is 7.09. The highest BCUT2D eigenvalue weighted by molar-refractivity contribution is 7.59. The van der Waals surface area contributed by atoms with E-state index in [1.807, 2.05) is 0 Å². The van der Waals surface area contributed by atoms with E-state index in [2.05, 4.69) is 10.3 Å². The number of nitrogens with one attached hydrogen (secondary N) is 1. The molecule has 5 rings (SSSR count). The van der Waals surface area contributed by atoms with Gasteiger partial charge in [-0.1, -0.05) is 6.07 Å². The quantitative estimate of drug-likeness (QED) is 0.351. The number of amides is 1. The molecule has 4 N–H and O–H groups in total. The number of carbonyl (C=O) groups excluding carboxylic acids is 1. The van der Waals surface area contributed by atoms with Crippen molar-refractivity contribution in [1.82, 2.24) is 9.38 Å². The number of pyridine rings is 1. The van der Waals surface area contributed by atoms with Crippen LogP contribution >= 0.6 is 7.60 Å². The molecule has 3 heterocycles. The highest BCUT2D eigenvalue weighted by Gasteiger charge is 2.30. The molecular weight excluding hydrogens is 421 g/mol. The first-order valence-electron chi connectivity index (χ1n) is 9.58. The lowest BCUT2D eigenvalue weighted by atomic mass is 10.0. The molecular formula is C21H18N3O6P. The molecule has 3 aromatic heterocycles. The van der Waals surface area contributed by atoms with Crippen molar-refractivity contribution >= 4 is 30.5 Å². The van der Waals surface area contributed by atoms with Crippen molar-refractivity contribution in [3.8, 4) is 28.3 Å². The Morgan fingerprint density at radius 2 is 1.97 bits per heavy atom. The third kappa shape index (κ3) is 3.74. The van der Waals surface area contributed by atoms with Crippen LogP contribution in [0, 0.1) is 5.92 Å². The number of anilines is 1. The Morgan fingerprint density at radius 3 is 2.68 bits per heavy atom. The normalized spacial score (nSPS) is 14.1. The van der Waals surface area contributed by atoms with Crippen molar-refractivity contribution in [3.05, 3.63) is 54.7 Å². The van der Waals surface area contributed by atoms with Gasteiger partial charge in [-0.3, -0.25) is 13.8 Å². The third-order valence-electron chi connectivity index (χ3n) is 5.13. The summed E-state index contributed by atoms with van der Waals surface area (Å²) in [6.45, 7) is 0. The third-order valence-corrected chi connectivity index (χ3v) is 5.94. The van der Waals surface area contributed by atoms with Crippen LogP contribution in [0.3, 0.4) is 0 Å². The largest absolute Gasteiger partial charge is 0.507 e. The Kier molecular flexibility index (Phi) is 4.48. The van der Waals surface area contributed by atoms with Gasteiger partial charge in [0, 0.05) is 17.0 Å². The van der Waals surface area contributed by atoms with Crippen molar-refractivity contribution in [2.75, 3.05) is 5.32 Å². The van der Waals surface area contributed by atoms with Gasteiger partial charge in [0.25, 0.3) is 0 Å². The summed E-state index contributed by atoms with van der Waals surface area (Å²) in [5, 5.41) is 13.3. The van der Waals surface area contributed by atoms with Crippen LogP contribution in [0.4, 0.5) is 5.82 Å². The topological polar surface area (TPSA) is 137 Å². The minimum Gasteiger partial charge on any atom is -0.507 e. The van der Waals surface area contributed by atoms with E-state index in [1.54, 1.807) is 40.9 Å². The summed E-state index contributed by atoms with van der Waals surface area (Å²) in [6, 6.07) is 12.8. The summed E-state index contributed by atoms with van der Waals surface area (Å²) in [5.74, 6) is 0.701. The van der Waals surface area contributed by atoms with Crippen LogP contribution in [0.2, 0.25) is 0 Å². The van der Waals surface area contributed by atoms with Gasteiger partial charge in [-0.2, -0.15) is 0 Å². The predicted octanol–water partition coefficient (Wildman–Crippen LogP) is 3.12. The van der Waals surface area contributed by atoms with Crippen molar-refractivity contribution in [1.29, 1.82) is 0 Å². The number of fused-ring (bicyclic) bond motifs is 1. The molecule has 0 saturated heterocycles. The van der Waals surface area contributed by atoms with Crippen molar-refractivity contribution in [2.45, 2.75) is 12.8 Å². The highest BCUT2D eigenvalue weighted by atomic mass is 31.2. The summed E-state index contributed by atoms with van der Waals surface area (Å²) in [6.07, 6.45) is 3.47. The first-order chi connectivity index (χ1) is 14.8. The Hall–Kier alpha value is -3.39. The number of carbonyl (C=O) groups is 1. The Bertz CT molecular complexity index is 1360. The zero-order valence-electron chi connectivity index (χ0n) is 16.1. The second-order valence-electron chi connectivity index (χ2n) is 7.44. The second-order valence-corrected chi connectivity index (χ2v) is 8.97. The number of aromatic nitrogens is 2. The molecule has 0 bridgehead atoms. The first-order valence-corrected chi connectivity index (χ1v) is 11.2. The number of hydrogen-bond acceptors (Lipinski definition) is 5. The molecule has 0 radical (unpaired) electrons. The zero-order valence-corrected chi connectivity index (χ0v) is 17.0. The highest BCUT2D eigenvalue weighted by Crippen LogP contribution is 2.38. The molecule has 10 heteroatoms. The maximum Gasteiger partial charge on any atom is 0.391 e. The van der Waals surface area contributed by atoms with Gasteiger partial charge in [0.05, 0.1) is 11.9 Å². The number of benzene rings is 1. The molecule has 1 aliphatic rings. The zero-order chi connectivity index (χ0) is 21.8. The molecule has 1 amide bonds. The van der Waals surface area contributed by atoms with Gasteiger partial charge in [-0.15, -0.1) is 0 Å².